The molecule has 0 saturated carbocycles. The zero-order valence-corrected chi connectivity index (χ0v) is 12.9. The van der Waals surface area contributed by atoms with E-state index in [2.05, 4.69) is 0 Å². The normalized spacial score (nSPS) is 12.2. The third-order valence-electron chi connectivity index (χ3n) is 3.03. The van der Waals surface area contributed by atoms with Gasteiger partial charge in [-0.3, -0.25) is 0 Å². The molecule has 0 radical (unpaired) electrons. The SMILES string of the molecule is CSc1cccc(Oc2ccc3c(c2)OCO3)c1C(N)=S. The maximum atomic E-state index is 5.92. The molecule has 4 nitrogen and oxygen atoms in total. The molecule has 1 aliphatic rings. The number of thiocarbonyl (C=S) groups is 1. The number of rotatable bonds is 4. The van der Waals surface area contributed by atoms with E-state index in [-0.39, 0.29) is 6.79 Å². The van der Waals surface area contributed by atoms with E-state index in [1.807, 2.05) is 36.6 Å². The van der Waals surface area contributed by atoms with Crippen LogP contribution in [0.3, 0.4) is 0 Å². The summed E-state index contributed by atoms with van der Waals surface area (Å²) in [5, 5.41) is 0. The number of ether oxygens (including phenoxy) is 3. The van der Waals surface area contributed by atoms with Crippen LogP contribution >= 0.6 is 24.0 Å². The number of hydrogen-bond acceptors (Lipinski definition) is 5. The van der Waals surface area contributed by atoms with Gasteiger partial charge in [-0.1, -0.05) is 18.3 Å². The topological polar surface area (TPSA) is 53.7 Å². The van der Waals surface area contributed by atoms with Crippen molar-refractivity contribution in [2.45, 2.75) is 4.90 Å². The van der Waals surface area contributed by atoms with Gasteiger partial charge in [-0.15, -0.1) is 11.8 Å². The van der Waals surface area contributed by atoms with E-state index in [1.54, 1.807) is 17.8 Å². The van der Waals surface area contributed by atoms with Crippen LogP contribution in [0.25, 0.3) is 0 Å². The highest BCUT2D eigenvalue weighted by Crippen LogP contribution is 2.38. The lowest BCUT2D eigenvalue weighted by Crippen LogP contribution is -2.12. The van der Waals surface area contributed by atoms with Crippen LogP contribution in [0.4, 0.5) is 0 Å². The fourth-order valence-corrected chi connectivity index (χ4v) is 2.98. The molecule has 0 aromatic heterocycles. The summed E-state index contributed by atoms with van der Waals surface area (Å²) in [5.41, 5.74) is 6.58. The lowest BCUT2D eigenvalue weighted by molar-refractivity contribution is 0.174. The average Bonchev–Trinajstić information content (AvgIpc) is 2.94. The minimum Gasteiger partial charge on any atom is -0.456 e. The van der Waals surface area contributed by atoms with Crippen molar-refractivity contribution in [1.82, 2.24) is 0 Å². The Hall–Kier alpha value is -1.92. The molecule has 1 heterocycles. The molecular formula is C15H13NO3S2. The molecule has 2 N–H and O–H groups in total. The first kappa shape index (κ1) is 14.0. The average molecular weight is 319 g/mol. The molecule has 0 spiro atoms. The van der Waals surface area contributed by atoms with Crippen LogP contribution in [0.15, 0.2) is 41.3 Å². The van der Waals surface area contributed by atoms with E-state index < -0.39 is 0 Å². The molecule has 0 unspecified atom stereocenters. The van der Waals surface area contributed by atoms with Crippen molar-refractivity contribution in [2.24, 2.45) is 5.73 Å². The second-order valence-electron chi connectivity index (χ2n) is 4.31. The Morgan fingerprint density at radius 3 is 2.81 bits per heavy atom. The van der Waals surface area contributed by atoms with Gasteiger partial charge in [-0.2, -0.15) is 0 Å². The van der Waals surface area contributed by atoms with Gasteiger partial charge in [0.2, 0.25) is 6.79 Å². The first-order valence-corrected chi connectivity index (χ1v) is 7.86. The quantitative estimate of drug-likeness (QED) is 0.687. The minimum absolute atomic E-state index is 0.235. The van der Waals surface area contributed by atoms with Gasteiger partial charge in [0.15, 0.2) is 11.5 Å². The predicted molar refractivity (Wildman–Crippen MR) is 86.7 cm³/mol. The fourth-order valence-electron chi connectivity index (χ4n) is 2.08. The van der Waals surface area contributed by atoms with Crippen LogP contribution in [0.5, 0.6) is 23.0 Å². The highest BCUT2D eigenvalue weighted by Gasteiger charge is 2.16. The van der Waals surface area contributed by atoms with E-state index in [1.165, 1.54) is 0 Å². The minimum atomic E-state index is 0.235. The lowest BCUT2D eigenvalue weighted by Gasteiger charge is -2.13. The van der Waals surface area contributed by atoms with Crippen LogP contribution in [-0.2, 0) is 0 Å². The summed E-state index contributed by atoms with van der Waals surface area (Å²) in [6, 6.07) is 11.1. The summed E-state index contributed by atoms with van der Waals surface area (Å²) in [7, 11) is 0. The Kier molecular flexibility index (Phi) is 3.90. The second kappa shape index (κ2) is 5.83. The van der Waals surface area contributed by atoms with Crippen molar-refractivity contribution in [2.75, 3.05) is 13.0 Å². The van der Waals surface area contributed by atoms with Crippen LogP contribution < -0.4 is 19.9 Å². The maximum Gasteiger partial charge on any atom is 0.231 e. The first-order valence-electron chi connectivity index (χ1n) is 6.23. The van der Waals surface area contributed by atoms with Gasteiger partial charge >= 0.3 is 0 Å². The summed E-state index contributed by atoms with van der Waals surface area (Å²) < 4.78 is 16.5. The van der Waals surface area contributed by atoms with E-state index >= 15 is 0 Å². The Morgan fingerprint density at radius 2 is 2.05 bits per heavy atom. The largest absolute Gasteiger partial charge is 0.456 e. The van der Waals surface area contributed by atoms with Gasteiger partial charge in [0, 0.05) is 11.0 Å². The van der Waals surface area contributed by atoms with Crippen molar-refractivity contribution in [1.29, 1.82) is 0 Å². The standard InChI is InChI=1S/C15H13NO3S2/c1-21-13-4-2-3-11(14(13)15(16)20)19-9-5-6-10-12(7-9)18-8-17-10/h2-7H,8H2,1H3,(H2,16,20). The van der Waals surface area contributed by atoms with Gasteiger partial charge in [-0.05, 0) is 30.5 Å². The lowest BCUT2D eigenvalue weighted by atomic mass is 10.2. The van der Waals surface area contributed by atoms with Crippen molar-refractivity contribution in [3.05, 3.63) is 42.0 Å². The fraction of sp³-hybridized carbons (Fsp3) is 0.133. The summed E-state index contributed by atoms with van der Waals surface area (Å²) in [5.74, 6) is 2.67. The van der Waals surface area contributed by atoms with Crippen LogP contribution in [0.2, 0.25) is 0 Å². The zero-order chi connectivity index (χ0) is 14.8. The number of hydrogen-bond donors (Lipinski definition) is 1. The van der Waals surface area contributed by atoms with Gasteiger partial charge in [0.1, 0.15) is 16.5 Å². The molecule has 1 aliphatic heterocycles. The van der Waals surface area contributed by atoms with Crippen molar-refractivity contribution in [3.8, 4) is 23.0 Å². The molecule has 0 amide bonds. The molecule has 0 atom stereocenters. The van der Waals surface area contributed by atoms with Gasteiger partial charge in [0.05, 0.1) is 5.56 Å². The number of thioether (sulfide) groups is 1. The maximum absolute atomic E-state index is 5.92. The van der Waals surface area contributed by atoms with Gasteiger partial charge in [0.25, 0.3) is 0 Å². The Balaban J connectivity index is 1.96. The summed E-state index contributed by atoms with van der Waals surface area (Å²) in [6.45, 7) is 0.235. The number of nitrogens with two attached hydrogens (primary N) is 1. The van der Waals surface area contributed by atoms with E-state index in [0.29, 0.717) is 22.2 Å². The predicted octanol–water partition coefficient (Wildman–Crippen LogP) is 3.56. The Morgan fingerprint density at radius 1 is 1.24 bits per heavy atom. The summed E-state index contributed by atoms with van der Waals surface area (Å²) >= 11 is 6.72. The van der Waals surface area contributed by atoms with E-state index in [0.717, 1.165) is 16.2 Å². The molecule has 2 aromatic rings. The van der Waals surface area contributed by atoms with Crippen molar-refractivity contribution in [3.63, 3.8) is 0 Å². The van der Waals surface area contributed by atoms with Gasteiger partial charge < -0.3 is 19.9 Å². The third kappa shape index (κ3) is 2.77. The van der Waals surface area contributed by atoms with Crippen LogP contribution in [-0.4, -0.2) is 18.0 Å². The highest BCUT2D eigenvalue weighted by molar-refractivity contribution is 7.98. The molecule has 3 rings (SSSR count). The molecule has 2 aromatic carbocycles. The van der Waals surface area contributed by atoms with Crippen molar-refractivity contribution >= 4 is 29.0 Å². The smallest absolute Gasteiger partial charge is 0.231 e. The molecule has 0 bridgehead atoms. The molecule has 21 heavy (non-hydrogen) atoms. The highest BCUT2D eigenvalue weighted by atomic mass is 32.2. The van der Waals surface area contributed by atoms with Gasteiger partial charge in [-0.25, -0.2) is 0 Å². The monoisotopic (exact) mass is 319 g/mol. The Labute approximate surface area is 132 Å². The summed E-state index contributed by atoms with van der Waals surface area (Å²) in [6.07, 6.45) is 1.97. The first-order chi connectivity index (χ1) is 10.2. The number of fused-ring (bicyclic) bond motifs is 1. The molecule has 6 heteroatoms. The zero-order valence-electron chi connectivity index (χ0n) is 11.3. The van der Waals surface area contributed by atoms with Crippen LogP contribution in [0, 0.1) is 0 Å². The van der Waals surface area contributed by atoms with Crippen molar-refractivity contribution < 1.29 is 14.2 Å². The second-order valence-corrected chi connectivity index (χ2v) is 5.60. The number of benzene rings is 2. The molecular weight excluding hydrogens is 306 g/mol. The molecule has 0 fully saturated rings. The molecule has 0 aliphatic carbocycles. The van der Waals surface area contributed by atoms with E-state index in [9.17, 15) is 0 Å². The molecule has 108 valence electrons. The molecule has 0 saturated heterocycles. The third-order valence-corrected chi connectivity index (χ3v) is 4.01. The Bertz CT molecular complexity index is 703. The van der Waals surface area contributed by atoms with Crippen LogP contribution in [0.1, 0.15) is 5.56 Å². The summed E-state index contributed by atoms with van der Waals surface area (Å²) in [4.78, 5) is 1.30. The van der Waals surface area contributed by atoms with E-state index in [4.69, 9.17) is 32.2 Å².